The SMILES string of the molecule is CC(NCCS(C)(=O)=O)c1ccc2c(c1)CCO2. The molecule has 5 heteroatoms. The average Bonchev–Trinajstić information content (AvgIpc) is 2.73. The molecule has 1 unspecified atom stereocenters. The van der Waals surface area contributed by atoms with Crippen molar-refractivity contribution in [3.63, 3.8) is 0 Å². The molecule has 0 saturated carbocycles. The fraction of sp³-hybridized carbons (Fsp3) is 0.538. The average molecular weight is 269 g/mol. The Hall–Kier alpha value is -1.07. The van der Waals surface area contributed by atoms with Gasteiger partial charge in [-0.2, -0.15) is 0 Å². The van der Waals surface area contributed by atoms with Crippen LogP contribution < -0.4 is 10.1 Å². The maximum absolute atomic E-state index is 11.0. The zero-order valence-electron chi connectivity index (χ0n) is 10.8. The van der Waals surface area contributed by atoms with Gasteiger partial charge in [-0.05, 0) is 24.1 Å². The minimum atomic E-state index is -2.89. The lowest BCUT2D eigenvalue weighted by atomic mass is 10.0. The van der Waals surface area contributed by atoms with Crippen LogP contribution in [0, 0.1) is 0 Å². The standard InChI is InChI=1S/C13H19NO3S/c1-10(14-6-8-18(2,15)16)11-3-4-13-12(9-11)5-7-17-13/h3-4,9-10,14H,5-8H2,1-2H3. The third-order valence-corrected chi connectivity index (χ3v) is 4.08. The molecular weight excluding hydrogens is 250 g/mol. The summed E-state index contributed by atoms with van der Waals surface area (Å²) in [6.45, 7) is 3.28. The fourth-order valence-corrected chi connectivity index (χ4v) is 2.54. The highest BCUT2D eigenvalue weighted by atomic mass is 32.2. The van der Waals surface area contributed by atoms with E-state index < -0.39 is 9.84 Å². The van der Waals surface area contributed by atoms with Crippen LogP contribution in [0.1, 0.15) is 24.1 Å². The number of sulfone groups is 1. The first-order valence-corrected chi connectivity index (χ1v) is 8.18. The molecule has 0 bridgehead atoms. The van der Waals surface area contributed by atoms with Gasteiger partial charge in [0.05, 0.1) is 12.4 Å². The molecule has 0 radical (unpaired) electrons. The molecule has 1 aromatic carbocycles. The van der Waals surface area contributed by atoms with Gasteiger partial charge in [0.25, 0.3) is 0 Å². The summed E-state index contributed by atoms with van der Waals surface area (Å²) in [5.74, 6) is 1.15. The molecule has 2 rings (SSSR count). The number of ether oxygens (including phenoxy) is 1. The van der Waals surface area contributed by atoms with Gasteiger partial charge in [0.1, 0.15) is 15.6 Å². The maximum Gasteiger partial charge on any atom is 0.148 e. The number of rotatable bonds is 5. The minimum absolute atomic E-state index is 0.151. The Morgan fingerprint density at radius 3 is 2.94 bits per heavy atom. The predicted octanol–water partition coefficient (Wildman–Crippen LogP) is 1.32. The molecular formula is C13H19NO3S. The Balaban J connectivity index is 1.95. The summed E-state index contributed by atoms with van der Waals surface area (Å²) < 4.78 is 27.6. The summed E-state index contributed by atoms with van der Waals surface area (Å²) in [6, 6.07) is 6.31. The van der Waals surface area contributed by atoms with Crippen molar-refractivity contribution in [3.8, 4) is 5.75 Å². The second kappa shape index (κ2) is 5.28. The van der Waals surface area contributed by atoms with Crippen LogP contribution in [0.2, 0.25) is 0 Å². The lowest BCUT2D eigenvalue weighted by Gasteiger charge is -2.14. The topological polar surface area (TPSA) is 55.4 Å². The van der Waals surface area contributed by atoms with Crippen LogP contribution in [0.4, 0.5) is 0 Å². The second-order valence-corrected chi connectivity index (χ2v) is 7.03. The molecule has 0 aromatic heterocycles. The molecule has 1 aliphatic heterocycles. The molecule has 0 spiro atoms. The van der Waals surface area contributed by atoms with E-state index in [1.165, 1.54) is 17.4 Å². The van der Waals surface area contributed by atoms with Crippen molar-refractivity contribution in [1.82, 2.24) is 5.32 Å². The molecule has 0 amide bonds. The van der Waals surface area contributed by atoms with Crippen LogP contribution in [0.3, 0.4) is 0 Å². The van der Waals surface area contributed by atoms with Gasteiger partial charge in [-0.15, -0.1) is 0 Å². The highest BCUT2D eigenvalue weighted by Crippen LogP contribution is 2.27. The quantitative estimate of drug-likeness (QED) is 0.876. The lowest BCUT2D eigenvalue weighted by Crippen LogP contribution is -2.25. The van der Waals surface area contributed by atoms with Gasteiger partial charge in [-0.3, -0.25) is 0 Å². The molecule has 18 heavy (non-hydrogen) atoms. The van der Waals surface area contributed by atoms with Crippen molar-refractivity contribution < 1.29 is 13.2 Å². The number of fused-ring (bicyclic) bond motifs is 1. The zero-order chi connectivity index (χ0) is 13.2. The molecule has 1 aliphatic rings. The van der Waals surface area contributed by atoms with Crippen molar-refractivity contribution in [2.45, 2.75) is 19.4 Å². The highest BCUT2D eigenvalue weighted by molar-refractivity contribution is 7.90. The van der Waals surface area contributed by atoms with Gasteiger partial charge >= 0.3 is 0 Å². The predicted molar refractivity (Wildman–Crippen MR) is 71.8 cm³/mol. The Kier molecular flexibility index (Phi) is 3.92. The molecule has 1 heterocycles. The normalized spacial score (nSPS) is 16.1. The van der Waals surface area contributed by atoms with Gasteiger partial charge in [0.15, 0.2) is 0 Å². The van der Waals surface area contributed by atoms with Crippen LogP contribution >= 0.6 is 0 Å². The number of nitrogens with one attached hydrogen (secondary N) is 1. The molecule has 4 nitrogen and oxygen atoms in total. The zero-order valence-corrected chi connectivity index (χ0v) is 11.6. The van der Waals surface area contributed by atoms with Crippen LogP contribution in [-0.2, 0) is 16.3 Å². The van der Waals surface area contributed by atoms with Crippen LogP contribution in [-0.4, -0.2) is 33.6 Å². The Labute approximate surface area is 108 Å². The van der Waals surface area contributed by atoms with Gasteiger partial charge in [-0.1, -0.05) is 12.1 Å². The second-order valence-electron chi connectivity index (χ2n) is 4.77. The van der Waals surface area contributed by atoms with E-state index in [9.17, 15) is 8.42 Å². The Morgan fingerprint density at radius 1 is 1.44 bits per heavy atom. The molecule has 100 valence electrons. The minimum Gasteiger partial charge on any atom is -0.493 e. The van der Waals surface area contributed by atoms with E-state index in [1.54, 1.807) is 0 Å². The van der Waals surface area contributed by atoms with Crippen LogP contribution in [0.15, 0.2) is 18.2 Å². The van der Waals surface area contributed by atoms with Gasteiger partial charge < -0.3 is 10.1 Å². The maximum atomic E-state index is 11.0. The molecule has 0 aliphatic carbocycles. The van der Waals surface area contributed by atoms with E-state index in [0.717, 1.165) is 18.8 Å². The summed E-state index contributed by atoms with van der Waals surface area (Å²) in [5, 5.41) is 3.23. The van der Waals surface area contributed by atoms with E-state index in [2.05, 4.69) is 11.4 Å². The Morgan fingerprint density at radius 2 is 2.22 bits per heavy atom. The Bertz CT molecular complexity index is 525. The third kappa shape index (κ3) is 3.46. The number of hydrogen-bond acceptors (Lipinski definition) is 4. The summed E-state index contributed by atoms with van der Waals surface area (Å²) >= 11 is 0. The van der Waals surface area contributed by atoms with Crippen molar-refractivity contribution >= 4 is 9.84 Å². The molecule has 0 fully saturated rings. The first-order chi connectivity index (χ1) is 8.46. The molecule has 1 atom stereocenters. The van der Waals surface area contributed by atoms with Gasteiger partial charge in [0, 0.05) is 25.3 Å². The van der Waals surface area contributed by atoms with Crippen molar-refractivity contribution in [1.29, 1.82) is 0 Å². The first kappa shape index (κ1) is 13.4. The summed E-state index contributed by atoms with van der Waals surface area (Å²) in [5.41, 5.74) is 2.41. The van der Waals surface area contributed by atoms with Gasteiger partial charge in [0.2, 0.25) is 0 Å². The number of benzene rings is 1. The van der Waals surface area contributed by atoms with E-state index in [-0.39, 0.29) is 11.8 Å². The molecule has 1 aromatic rings. The third-order valence-electron chi connectivity index (χ3n) is 3.14. The van der Waals surface area contributed by atoms with Crippen molar-refractivity contribution in [3.05, 3.63) is 29.3 Å². The van der Waals surface area contributed by atoms with E-state index in [4.69, 9.17) is 4.74 Å². The summed E-state index contributed by atoms with van der Waals surface area (Å²) in [7, 11) is -2.89. The first-order valence-electron chi connectivity index (χ1n) is 6.12. The highest BCUT2D eigenvalue weighted by Gasteiger charge is 2.14. The van der Waals surface area contributed by atoms with Gasteiger partial charge in [-0.25, -0.2) is 8.42 Å². The van der Waals surface area contributed by atoms with E-state index >= 15 is 0 Å². The van der Waals surface area contributed by atoms with Crippen molar-refractivity contribution in [2.75, 3.05) is 25.2 Å². The van der Waals surface area contributed by atoms with Crippen LogP contribution in [0.5, 0.6) is 5.75 Å². The van der Waals surface area contributed by atoms with Crippen LogP contribution in [0.25, 0.3) is 0 Å². The lowest BCUT2D eigenvalue weighted by molar-refractivity contribution is 0.356. The molecule has 0 saturated heterocycles. The summed E-state index contributed by atoms with van der Waals surface area (Å²) in [6.07, 6.45) is 2.21. The van der Waals surface area contributed by atoms with E-state index in [0.29, 0.717) is 6.54 Å². The largest absolute Gasteiger partial charge is 0.493 e. The number of hydrogen-bond donors (Lipinski definition) is 1. The van der Waals surface area contributed by atoms with E-state index in [1.807, 2.05) is 19.1 Å². The summed E-state index contributed by atoms with van der Waals surface area (Å²) in [4.78, 5) is 0. The molecule has 1 N–H and O–H groups in total. The monoisotopic (exact) mass is 269 g/mol. The smallest absolute Gasteiger partial charge is 0.148 e. The fourth-order valence-electron chi connectivity index (χ4n) is 2.05. The van der Waals surface area contributed by atoms with Crippen molar-refractivity contribution in [2.24, 2.45) is 0 Å².